The zero-order chi connectivity index (χ0) is 19.5. The Balaban J connectivity index is 1.43. The first-order chi connectivity index (χ1) is 13.6. The molecule has 0 bridgehead atoms. The first kappa shape index (κ1) is 17.8. The molecule has 0 spiro atoms. The molecule has 4 rings (SSSR count). The Kier molecular flexibility index (Phi) is 4.83. The number of carbonyl (C=O) groups excluding carboxylic acids is 1. The van der Waals surface area contributed by atoms with Gasteiger partial charge in [0.25, 0.3) is 5.69 Å². The summed E-state index contributed by atoms with van der Waals surface area (Å²) in [4.78, 5) is 27.0. The van der Waals surface area contributed by atoms with E-state index in [0.717, 1.165) is 12.8 Å². The van der Waals surface area contributed by atoms with E-state index in [2.05, 4.69) is 20.5 Å². The van der Waals surface area contributed by atoms with Crippen LogP contribution in [-0.4, -0.2) is 35.4 Å². The highest BCUT2D eigenvalue weighted by atomic mass is 16.6. The number of hydrogen-bond donors (Lipinski definition) is 1. The average molecular weight is 381 g/mol. The zero-order valence-electron chi connectivity index (χ0n) is 15.1. The molecule has 0 aliphatic heterocycles. The topological polar surface area (TPSA) is 121 Å². The third-order valence-electron chi connectivity index (χ3n) is 4.77. The molecule has 10 nitrogen and oxygen atoms in total. The molecule has 1 aliphatic carbocycles. The van der Waals surface area contributed by atoms with Crippen LogP contribution in [-0.2, 0) is 11.3 Å². The fourth-order valence-electron chi connectivity index (χ4n) is 3.44. The van der Waals surface area contributed by atoms with Crippen LogP contribution in [0.4, 0.5) is 11.5 Å². The predicted octanol–water partition coefficient (Wildman–Crippen LogP) is 2.80. The summed E-state index contributed by atoms with van der Waals surface area (Å²) in [5.74, 6) is 0.763. The molecular weight excluding hydrogens is 362 g/mol. The van der Waals surface area contributed by atoms with Crippen LogP contribution in [0.15, 0.2) is 42.9 Å². The van der Waals surface area contributed by atoms with Gasteiger partial charge in [-0.05, 0) is 12.8 Å². The van der Waals surface area contributed by atoms with Gasteiger partial charge in [-0.2, -0.15) is 10.2 Å². The summed E-state index contributed by atoms with van der Waals surface area (Å²) in [6.07, 6.45) is 7.61. The molecule has 0 saturated heterocycles. The van der Waals surface area contributed by atoms with E-state index in [9.17, 15) is 14.9 Å². The molecule has 1 aliphatic rings. The van der Waals surface area contributed by atoms with E-state index in [0.29, 0.717) is 23.2 Å². The van der Waals surface area contributed by atoms with Gasteiger partial charge in [0.2, 0.25) is 5.91 Å². The summed E-state index contributed by atoms with van der Waals surface area (Å²) < 4.78 is 3.28. The molecule has 3 aromatic rings. The van der Waals surface area contributed by atoms with Crippen molar-refractivity contribution in [3.05, 3.63) is 53.0 Å². The highest BCUT2D eigenvalue weighted by Crippen LogP contribution is 2.31. The molecule has 2 heterocycles. The van der Waals surface area contributed by atoms with Gasteiger partial charge in [-0.25, -0.2) is 14.3 Å². The number of benzene rings is 1. The highest BCUT2D eigenvalue weighted by molar-refractivity contribution is 5.89. The number of nitrogens with zero attached hydrogens (tertiary/aromatic N) is 6. The normalized spacial score (nSPS) is 14.3. The molecule has 1 fully saturated rings. The monoisotopic (exact) mass is 381 g/mol. The standard InChI is InChI=1S/C18H19N7O3/c26-17(21-16-8-9-20-24(16)14-5-1-2-6-14)11-23-12-19-18(22-23)13-4-3-7-15(10-13)25(27)28/h3-4,7-10,12,14H,1-2,5-6,11H2,(H,21,26). The first-order valence-corrected chi connectivity index (χ1v) is 9.08. The maximum atomic E-state index is 12.4. The molecule has 1 aromatic carbocycles. The van der Waals surface area contributed by atoms with Crippen LogP contribution in [0.1, 0.15) is 31.7 Å². The number of amides is 1. The summed E-state index contributed by atoms with van der Waals surface area (Å²) in [7, 11) is 0. The molecule has 144 valence electrons. The molecule has 1 N–H and O–H groups in total. The van der Waals surface area contributed by atoms with E-state index in [-0.39, 0.29) is 18.1 Å². The van der Waals surface area contributed by atoms with Crippen molar-refractivity contribution in [2.24, 2.45) is 0 Å². The van der Waals surface area contributed by atoms with Crippen LogP contribution in [0.25, 0.3) is 11.4 Å². The van der Waals surface area contributed by atoms with Crippen molar-refractivity contribution in [1.82, 2.24) is 24.5 Å². The quantitative estimate of drug-likeness (QED) is 0.518. The Bertz CT molecular complexity index is 1000. The lowest BCUT2D eigenvalue weighted by Crippen LogP contribution is -2.22. The van der Waals surface area contributed by atoms with E-state index in [1.54, 1.807) is 24.4 Å². The van der Waals surface area contributed by atoms with Crippen molar-refractivity contribution in [3.63, 3.8) is 0 Å². The number of nitrogens with one attached hydrogen (secondary N) is 1. The molecule has 0 radical (unpaired) electrons. The van der Waals surface area contributed by atoms with Crippen LogP contribution in [0.5, 0.6) is 0 Å². The van der Waals surface area contributed by atoms with E-state index < -0.39 is 4.92 Å². The lowest BCUT2D eigenvalue weighted by atomic mass is 10.2. The second-order valence-electron chi connectivity index (χ2n) is 6.72. The second kappa shape index (κ2) is 7.59. The molecule has 0 atom stereocenters. The van der Waals surface area contributed by atoms with Gasteiger partial charge in [0.1, 0.15) is 18.7 Å². The summed E-state index contributed by atoms with van der Waals surface area (Å²) >= 11 is 0. The van der Waals surface area contributed by atoms with Gasteiger partial charge < -0.3 is 5.32 Å². The second-order valence-corrected chi connectivity index (χ2v) is 6.72. The highest BCUT2D eigenvalue weighted by Gasteiger charge is 2.20. The van der Waals surface area contributed by atoms with Crippen molar-refractivity contribution < 1.29 is 9.72 Å². The third-order valence-corrected chi connectivity index (χ3v) is 4.77. The van der Waals surface area contributed by atoms with Crippen LogP contribution < -0.4 is 5.32 Å². The minimum atomic E-state index is -0.471. The Morgan fingerprint density at radius 2 is 2.11 bits per heavy atom. The summed E-state index contributed by atoms with van der Waals surface area (Å²) in [6, 6.07) is 8.18. The van der Waals surface area contributed by atoms with Crippen molar-refractivity contribution >= 4 is 17.4 Å². The van der Waals surface area contributed by atoms with Crippen LogP contribution in [0.2, 0.25) is 0 Å². The van der Waals surface area contributed by atoms with Crippen LogP contribution in [0.3, 0.4) is 0 Å². The Labute approximate surface area is 160 Å². The molecule has 28 heavy (non-hydrogen) atoms. The Hall–Kier alpha value is -3.56. The maximum Gasteiger partial charge on any atom is 0.270 e. The fraction of sp³-hybridized carbons (Fsp3) is 0.333. The SMILES string of the molecule is O=C(Cn1cnc(-c2cccc([N+](=O)[O-])c2)n1)Nc1ccnn1C1CCCC1. The average Bonchev–Trinajstić information content (AvgIpc) is 3.43. The lowest BCUT2D eigenvalue weighted by Gasteiger charge is -2.14. The van der Waals surface area contributed by atoms with Gasteiger partial charge in [0.05, 0.1) is 17.2 Å². The maximum absolute atomic E-state index is 12.4. The molecule has 0 unspecified atom stereocenters. The number of hydrogen-bond acceptors (Lipinski definition) is 6. The minimum absolute atomic E-state index is 0.0161. The Morgan fingerprint density at radius 1 is 1.29 bits per heavy atom. The van der Waals surface area contributed by atoms with Crippen molar-refractivity contribution in [2.45, 2.75) is 38.3 Å². The summed E-state index contributed by atoms with van der Waals surface area (Å²) in [6.45, 7) is -0.0161. The van der Waals surface area contributed by atoms with Crippen molar-refractivity contribution in [3.8, 4) is 11.4 Å². The van der Waals surface area contributed by atoms with Gasteiger partial charge in [-0.3, -0.25) is 14.9 Å². The molecule has 2 aromatic heterocycles. The number of nitro groups is 1. The fourth-order valence-corrected chi connectivity index (χ4v) is 3.44. The van der Waals surface area contributed by atoms with E-state index in [4.69, 9.17) is 0 Å². The first-order valence-electron chi connectivity index (χ1n) is 9.08. The van der Waals surface area contributed by atoms with Gasteiger partial charge >= 0.3 is 0 Å². The van der Waals surface area contributed by atoms with E-state index in [1.165, 1.54) is 36.0 Å². The minimum Gasteiger partial charge on any atom is -0.309 e. The van der Waals surface area contributed by atoms with Gasteiger partial charge in [0.15, 0.2) is 5.82 Å². The molecule has 10 heteroatoms. The zero-order valence-corrected chi connectivity index (χ0v) is 15.1. The van der Waals surface area contributed by atoms with Gasteiger partial charge in [-0.1, -0.05) is 25.0 Å². The molecule has 1 amide bonds. The number of nitro benzene ring substituents is 1. The molecular formula is C18H19N7O3. The smallest absolute Gasteiger partial charge is 0.270 e. The van der Waals surface area contributed by atoms with Gasteiger partial charge in [-0.15, -0.1) is 0 Å². The van der Waals surface area contributed by atoms with Crippen LogP contribution in [0, 0.1) is 10.1 Å². The van der Waals surface area contributed by atoms with Crippen molar-refractivity contribution in [1.29, 1.82) is 0 Å². The van der Waals surface area contributed by atoms with Gasteiger partial charge in [0, 0.05) is 23.8 Å². The Morgan fingerprint density at radius 3 is 2.89 bits per heavy atom. The van der Waals surface area contributed by atoms with Crippen LogP contribution >= 0.6 is 0 Å². The number of non-ortho nitro benzene ring substituents is 1. The predicted molar refractivity (Wildman–Crippen MR) is 100 cm³/mol. The number of anilines is 1. The summed E-state index contributed by atoms with van der Waals surface area (Å²) in [5, 5.41) is 22.4. The summed E-state index contributed by atoms with van der Waals surface area (Å²) in [5.41, 5.74) is 0.486. The van der Waals surface area contributed by atoms with E-state index in [1.807, 2.05) is 4.68 Å². The number of rotatable bonds is 6. The largest absolute Gasteiger partial charge is 0.309 e. The number of aromatic nitrogens is 5. The number of carbonyl (C=O) groups is 1. The molecule has 1 saturated carbocycles. The lowest BCUT2D eigenvalue weighted by molar-refractivity contribution is -0.384. The van der Waals surface area contributed by atoms with Crippen molar-refractivity contribution in [2.75, 3.05) is 5.32 Å². The van der Waals surface area contributed by atoms with E-state index >= 15 is 0 Å². The third kappa shape index (κ3) is 3.75.